The van der Waals surface area contributed by atoms with Crippen molar-refractivity contribution in [3.8, 4) is 0 Å². The zero-order valence-electron chi connectivity index (χ0n) is 7.90. The van der Waals surface area contributed by atoms with Crippen molar-refractivity contribution in [2.45, 2.75) is 12.8 Å². The van der Waals surface area contributed by atoms with Crippen molar-refractivity contribution >= 4 is 28.5 Å². The predicted molar refractivity (Wildman–Crippen MR) is 56.0 cm³/mol. The molecule has 82 valence electrons. The molecule has 0 saturated carbocycles. The van der Waals surface area contributed by atoms with Crippen LogP contribution in [0, 0.1) is 0 Å². The van der Waals surface area contributed by atoms with E-state index >= 15 is 0 Å². The molecule has 1 aromatic heterocycles. The first-order chi connectivity index (χ1) is 7.18. The number of aromatic nitrogens is 1. The van der Waals surface area contributed by atoms with E-state index in [0.717, 1.165) is 0 Å². The molecule has 0 bridgehead atoms. The van der Waals surface area contributed by atoms with Gasteiger partial charge in [0, 0.05) is 24.5 Å². The van der Waals surface area contributed by atoms with Crippen LogP contribution in [-0.4, -0.2) is 28.6 Å². The fraction of sp³-hybridized carbons (Fsp3) is 0.375. The molecule has 0 aliphatic heterocycles. The number of aliphatic carboxylic acids is 1. The van der Waals surface area contributed by atoms with Gasteiger partial charge in [-0.15, -0.1) is 11.3 Å². The largest absolute Gasteiger partial charge is 0.481 e. The van der Waals surface area contributed by atoms with E-state index < -0.39 is 5.97 Å². The van der Waals surface area contributed by atoms with Crippen LogP contribution in [0.4, 0.5) is 9.93 Å². The van der Waals surface area contributed by atoms with Crippen molar-refractivity contribution in [1.29, 1.82) is 0 Å². The molecule has 1 aromatic rings. The molecule has 0 atom stereocenters. The van der Waals surface area contributed by atoms with E-state index in [4.69, 9.17) is 5.11 Å². The first kappa shape index (κ1) is 11.4. The molecule has 0 saturated heterocycles. The summed E-state index contributed by atoms with van der Waals surface area (Å²) in [6.07, 6.45) is 2.06. The maximum absolute atomic E-state index is 11.2. The van der Waals surface area contributed by atoms with Crippen molar-refractivity contribution in [2.75, 3.05) is 11.9 Å². The summed E-state index contributed by atoms with van der Waals surface area (Å²) in [5.41, 5.74) is 0. The van der Waals surface area contributed by atoms with Gasteiger partial charge in [0.05, 0.1) is 0 Å². The van der Waals surface area contributed by atoms with Gasteiger partial charge >= 0.3 is 12.0 Å². The van der Waals surface area contributed by atoms with Gasteiger partial charge in [0.1, 0.15) is 0 Å². The van der Waals surface area contributed by atoms with Gasteiger partial charge in [0.2, 0.25) is 0 Å². The monoisotopic (exact) mass is 229 g/mol. The minimum Gasteiger partial charge on any atom is -0.481 e. The predicted octanol–water partition coefficient (Wildman–Crippen LogP) is 1.13. The fourth-order valence-electron chi connectivity index (χ4n) is 0.868. The highest BCUT2D eigenvalue weighted by Gasteiger charge is 2.02. The second kappa shape index (κ2) is 5.97. The highest BCUT2D eigenvalue weighted by atomic mass is 32.1. The van der Waals surface area contributed by atoms with Crippen molar-refractivity contribution in [3.63, 3.8) is 0 Å². The van der Waals surface area contributed by atoms with Crippen molar-refractivity contribution in [3.05, 3.63) is 11.6 Å². The summed E-state index contributed by atoms with van der Waals surface area (Å²) >= 11 is 1.32. The number of anilines is 1. The third-order valence-corrected chi connectivity index (χ3v) is 2.19. The molecule has 1 heterocycles. The summed E-state index contributed by atoms with van der Waals surface area (Å²) in [5.74, 6) is -0.864. The number of amides is 2. The van der Waals surface area contributed by atoms with Gasteiger partial charge in [-0.05, 0) is 6.42 Å². The number of hydrogen-bond donors (Lipinski definition) is 3. The number of rotatable bonds is 5. The van der Waals surface area contributed by atoms with Gasteiger partial charge in [-0.25, -0.2) is 9.78 Å². The summed E-state index contributed by atoms with van der Waals surface area (Å²) in [4.78, 5) is 25.2. The van der Waals surface area contributed by atoms with Gasteiger partial charge in [0.15, 0.2) is 5.13 Å². The first-order valence-electron chi connectivity index (χ1n) is 4.34. The average Bonchev–Trinajstić information content (AvgIpc) is 2.64. The van der Waals surface area contributed by atoms with Crippen molar-refractivity contribution in [2.24, 2.45) is 0 Å². The number of carboxylic acids is 1. The van der Waals surface area contributed by atoms with E-state index in [1.165, 1.54) is 11.3 Å². The lowest BCUT2D eigenvalue weighted by molar-refractivity contribution is -0.137. The lowest BCUT2D eigenvalue weighted by Gasteiger charge is -2.03. The highest BCUT2D eigenvalue weighted by molar-refractivity contribution is 7.13. The fourth-order valence-corrected chi connectivity index (χ4v) is 1.39. The zero-order valence-corrected chi connectivity index (χ0v) is 8.71. The molecule has 0 unspecified atom stereocenters. The van der Waals surface area contributed by atoms with Gasteiger partial charge in [-0.2, -0.15) is 0 Å². The van der Waals surface area contributed by atoms with Crippen LogP contribution in [0.3, 0.4) is 0 Å². The van der Waals surface area contributed by atoms with E-state index in [-0.39, 0.29) is 12.5 Å². The van der Waals surface area contributed by atoms with Crippen LogP contribution in [0.15, 0.2) is 11.6 Å². The number of carboxylic acid groups (broad SMARTS) is 1. The van der Waals surface area contributed by atoms with Crippen LogP contribution in [-0.2, 0) is 4.79 Å². The Morgan fingerprint density at radius 1 is 1.53 bits per heavy atom. The Labute approximate surface area is 90.3 Å². The summed E-state index contributed by atoms with van der Waals surface area (Å²) in [6, 6.07) is -0.365. The number of urea groups is 1. The van der Waals surface area contributed by atoms with Gasteiger partial charge in [-0.1, -0.05) is 0 Å². The van der Waals surface area contributed by atoms with E-state index in [9.17, 15) is 9.59 Å². The number of thiazole rings is 1. The Morgan fingerprint density at radius 2 is 2.33 bits per heavy atom. The average molecular weight is 229 g/mol. The third kappa shape index (κ3) is 4.96. The first-order valence-corrected chi connectivity index (χ1v) is 5.22. The van der Waals surface area contributed by atoms with E-state index in [1.807, 2.05) is 0 Å². The molecule has 0 aliphatic rings. The third-order valence-electron chi connectivity index (χ3n) is 1.51. The van der Waals surface area contributed by atoms with Gasteiger partial charge < -0.3 is 10.4 Å². The van der Waals surface area contributed by atoms with Crippen LogP contribution < -0.4 is 10.6 Å². The molecular weight excluding hydrogens is 218 g/mol. The Bertz CT molecular complexity index is 326. The van der Waals surface area contributed by atoms with Crippen molar-refractivity contribution < 1.29 is 14.7 Å². The lowest BCUT2D eigenvalue weighted by atomic mass is 10.3. The standard InChI is InChI=1S/C8H11N3O3S/c12-6(13)2-1-3-9-7(14)11-8-10-4-5-15-8/h4-5H,1-3H2,(H,12,13)(H2,9,10,11,14). The zero-order chi connectivity index (χ0) is 11.1. The Hall–Kier alpha value is -1.63. The second-order valence-electron chi connectivity index (χ2n) is 2.72. The molecule has 0 spiro atoms. The molecule has 0 aliphatic carbocycles. The summed E-state index contributed by atoms with van der Waals surface area (Å²) in [6.45, 7) is 0.337. The van der Waals surface area contributed by atoms with Gasteiger partial charge in [-0.3, -0.25) is 10.1 Å². The molecule has 6 nitrogen and oxygen atoms in total. The maximum atomic E-state index is 11.2. The number of carbonyl (C=O) groups is 2. The minimum atomic E-state index is -0.864. The van der Waals surface area contributed by atoms with Crippen LogP contribution in [0.25, 0.3) is 0 Å². The lowest BCUT2D eigenvalue weighted by Crippen LogP contribution is -2.29. The number of carbonyl (C=O) groups excluding carboxylic acids is 1. The SMILES string of the molecule is O=C(O)CCCNC(=O)Nc1nccs1. The Balaban J connectivity index is 2.11. The van der Waals surface area contributed by atoms with E-state index in [1.54, 1.807) is 11.6 Å². The molecule has 0 fully saturated rings. The molecule has 15 heavy (non-hydrogen) atoms. The Morgan fingerprint density at radius 3 is 2.93 bits per heavy atom. The number of nitrogens with one attached hydrogen (secondary N) is 2. The van der Waals surface area contributed by atoms with Crippen LogP contribution >= 0.6 is 11.3 Å². The number of nitrogens with zero attached hydrogens (tertiary/aromatic N) is 1. The summed E-state index contributed by atoms with van der Waals surface area (Å²) < 4.78 is 0. The molecular formula is C8H11N3O3S. The van der Waals surface area contributed by atoms with E-state index in [2.05, 4.69) is 15.6 Å². The van der Waals surface area contributed by atoms with Crippen LogP contribution in [0.2, 0.25) is 0 Å². The maximum Gasteiger partial charge on any atom is 0.321 e. The molecule has 0 radical (unpaired) electrons. The van der Waals surface area contributed by atoms with Crippen LogP contribution in [0.5, 0.6) is 0 Å². The highest BCUT2D eigenvalue weighted by Crippen LogP contribution is 2.09. The molecule has 2 amide bonds. The van der Waals surface area contributed by atoms with Crippen molar-refractivity contribution in [1.82, 2.24) is 10.3 Å². The van der Waals surface area contributed by atoms with E-state index in [0.29, 0.717) is 18.1 Å². The normalized spacial score (nSPS) is 9.60. The van der Waals surface area contributed by atoms with Gasteiger partial charge in [0.25, 0.3) is 0 Å². The molecule has 1 rings (SSSR count). The molecule has 0 aromatic carbocycles. The number of hydrogen-bond acceptors (Lipinski definition) is 4. The summed E-state index contributed by atoms with van der Waals surface area (Å²) in [5, 5.41) is 15.7. The smallest absolute Gasteiger partial charge is 0.321 e. The molecule has 3 N–H and O–H groups in total. The minimum absolute atomic E-state index is 0.0531. The quantitative estimate of drug-likeness (QED) is 0.660. The Kier molecular flexibility index (Phi) is 4.55. The van der Waals surface area contributed by atoms with Crippen LogP contribution in [0.1, 0.15) is 12.8 Å². The topological polar surface area (TPSA) is 91.3 Å². The summed E-state index contributed by atoms with van der Waals surface area (Å²) in [7, 11) is 0. The second-order valence-corrected chi connectivity index (χ2v) is 3.61. The molecule has 7 heteroatoms.